The van der Waals surface area contributed by atoms with Gasteiger partial charge in [-0.1, -0.05) is 139 Å². The van der Waals surface area contributed by atoms with Gasteiger partial charge in [-0.3, -0.25) is 0 Å². The predicted octanol–water partition coefficient (Wildman–Crippen LogP) is 8.17. The lowest BCUT2D eigenvalue weighted by Gasteiger charge is -2.31. The first-order chi connectivity index (χ1) is 17.8. The summed E-state index contributed by atoms with van der Waals surface area (Å²) in [6.07, 6.45) is 18.4. The van der Waals surface area contributed by atoms with Crippen LogP contribution < -0.4 is 10.4 Å². The Morgan fingerprint density at radius 3 is 1.44 bits per heavy atom. The Bertz CT molecular complexity index is 786. The highest BCUT2D eigenvalue weighted by molar-refractivity contribution is 6.92. The Kier molecular flexibility index (Phi) is 17.1. The van der Waals surface area contributed by atoms with Gasteiger partial charge >= 0.3 is 8.56 Å². The minimum atomic E-state index is -2.74. The molecule has 0 bridgehead atoms. The van der Waals surface area contributed by atoms with Gasteiger partial charge in [-0.25, -0.2) is 0 Å². The fraction of sp³-hybridized carbons (Fsp3) is 0.576. The van der Waals surface area contributed by atoms with Gasteiger partial charge in [0.15, 0.2) is 0 Å². The van der Waals surface area contributed by atoms with Crippen molar-refractivity contribution in [1.82, 2.24) is 0 Å². The second-order valence-electron chi connectivity index (χ2n) is 9.75. The molecule has 0 aliphatic carbocycles. The molecule has 198 valence electrons. The summed E-state index contributed by atoms with van der Waals surface area (Å²) < 4.78 is 13.7. The van der Waals surface area contributed by atoms with Gasteiger partial charge in [-0.2, -0.15) is 0 Å². The van der Waals surface area contributed by atoms with Crippen LogP contribution in [0.4, 0.5) is 0 Å². The van der Waals surface area contributed by atoms with E-state index in [0.717, 1.165) is 38.9 Å². The van der Waals surface area contributed by atoms with Crippen molar-refractivity contribution in [3.8, 4) is 11.8 Å². The van der Waals surface area contributed by atoms with E-state index in [9.17, 15) is 0 Å². The van der Waals surface area contributed by atoms with E-state index in [4.69, 9.17) is 8.85 Å². The van der Waals surface area contributed by atoms with E-state index in [1.54, 1.807) is 0 Å². The molecule has 0 aromatic heterocycles. The van der Waals surface area contributed by atoms with E-state index in [1.807, 2.05) is 0 Å². The normalized spacial score (nSPS) is 11.3. The molecule has 0 radical (unpaired) electrons. The molecule has 0 spiro atoms. The van der Waals surface area contributed by atoms with E-state index in [-0.39, 0.29) is 0 Å². The number of unbranched alkanes of at least 4 members (excludes halogenated alkanes) is 12. The van der Waals surface area contributed by atoms with Gasteiger partial charge in [0.25, 0.3) is 0 Å². The molecule has 0 aliphatic rings. The van der Waals surface area contributed by atoms with Crippen LogP contribution in [-0.2, 0) is 8.85 Å². The van der Waals surface area contributed by atoms with Gasteiger partial charge in [-0.15, -0.1) is 11.8 Å². The molecule has 0 amide bonds. The van der Waals surface area contributed by atoms with Crippen LogP contribution in [0.1, 0.15) is 110 Å². The minimum Gasteiger partial charge on any atom is -0.388 e. The number of benzene rings is 2. The molecule has 36 heavy (non-hydrogen) atoms. The highest BCUT2D eigenvalue weighted by atomic mass is 28.4. The highest BCUT2D eigenvalue weighted by Crippen LogP contribution is 2.15. The molecule has 2 aromatic rings. The zero-order valence-corrected chi connectivity index (χ0v) is 24.1. The largest absolute Gasteiger partial charge is 0.407 e. The van der Waals surface area contributed by atoms with Crippen molar-refractivity contribution in [2.45, 2.75) is 110 Å². The molecule has 3 heteroatoms. The van der Waals surface area contributed by atoms with Gasteiger partial charge < -0.3 is 8.85 Å². The number of hydrogen-bond donors (Lipinski definition) is 0. The quantitative estimate of drug-likeness (QED) is 0.102. The third-order valence-corrected chi connectivity index (χ3v) is 10.1. The zero-order chi connectivity index (χ0) is 25.6. The second kappa shape index (κ2) is 20.2. The monoisotopic (exact) mass is 506 g/mol. The second-order valence-corrected chi connectivity index (χ2v) is 12.7. The van der Waals surface area contributed by atoms with Crippen molar-refractivity contribution in [2.75, 3.05) is 13.2 Å². The maximum atomic E-state index is 6.83. The predicted molar refractivity (Wildman–Crippen MR) is 158 cm³/mol. The zero-order valence-electron chi connectivity index (χ0n) is 23.1. The molecular formula is C33H50O2Si. The van der Waals surface area contributed by atoms with E-state index in [0.29, 0.717) is 0 Å². The first-order valence-electron chi connectivity index (χ1n) is 14.7. The third kappa shape index (κ3) is 11.9. The van der Waals surface area contributed by atoms with Gasteiger partial charge in [0.1, 0.15) is 0 Å². The van der Waals surface area contributed by atoms with Crippen LogP contribution in [-0.4, -0.2) is 21.8 Å². The first-order valence-corrected chi connectivity index (χ1v) is 16.5. The molecule has 2 nitrogen and oxygen atoms in total. The van der Waals surface area contributed by atoms with E-state index < -0.39 is 8.56 Å². The van der Waals surface area contributed by atoms with E-state index in [1.165, 1.54) is 81.0 Å². The molecule has 0 unspecified atom stereocenters. The fourth-order valence-electron chi connectivity index (χ4n) is 4.58. The lowest BCUT2D eigenvalue weighted by molar-refractivity contribution is 0.184. The lowest BCUT2D eigenvalue weighted by atomic mass is 10.1. The van der Waals surface area contributed by atoms with Crippen LogP contribution in [0.2, 0.25) is 0 Å². The Balaban J connectivity index is 1.91. The van der Waals surface area contributed by atoms with Crippen molar-refractivity contribution < 1.29 is 8.85 Å². The van der Waals surface area contributed by atoms with Crippen molar-refractivity contribution >= 4 is 18.9 Å². The summed E-state index contributed by atoms with van der Waals surface area (Å²) in [4.78, 5) is 0. The van der Waals surface area contributed by atoms with Gasteiger partial charge in [0.05, 0.1) is 0 Å². The van der Waals surface area contributed by atoms with Gasteiger partial charge in [0.2, 0.25) is 0 Å². The highest BCUT2D eigenvalue weighted by Gasteiger charge is 2.42. The van der Waals surface area contributed by atoms with E-state index >= 15 is 0 Å². The Morgan fingerprint density at radius 2 is 0.972 bits per heavy atom. The summed E-state index contributed by atoms with van der Waals surface area (Å²) in [5.41, 5.74) is 0. The van der Waals surface area contributed by atoms with Crippen LogP contribution in [0.3, 0.4) is 0 Å². The summed E-state index contributed by atoms with van der Waals surface area (Å²) >= 11 is 0. The van der Waals surface area contributed by atoms with Crippen LogP contribution in [0.25, 0.3) is 0 Å². The molecule has 0 N–H and O–H groups in total. The maximum absolute atomic E-state index is 6.83. The van der Waals surface area contributed by atoms with Crippen LogP contribution in [0.5, 0.6) is 0 Å². The van der Waals surface area contributed by atoms with Crippen molar-refractivity contribution in [3.05, 3.63) is 60.7 Å². The Labute approximate surface area is 223 Å². The standard InChI is InChI=1S/C33H50O2Si/c1-3-5-7-9-11-12-13-15-17-25-31-35-36(32-26-20-18-21-27-32,33-28-22-19-23-29-33)34-30-24-16-14-10-8-6-4-2/h18-23,26-29H,3-4,6,8-17,24-25,30-31H2,1-2H3. The summed E-state index contributed by atoms with van der Waals surface area (Å²) in [5, 5.41) is 2.43. The Hall–Kier alpha value is -1.86. The molecule has 2 aromatic carbocycles. The average Bonchev–Trinajstić information content (AvgIpc) is 2.93. The van der Waals surface area contributed by atoms with Gasteiger partial charge in [-0.05, 0) is 29.6 Å². The Morgan fingerprint density at radius 1 is 0.528 bits per heavy atom. The lowest BCUT2D eigenvalue weighted by Crippen LogP contribution is -2.63. The molecule has 0 aliphatic heterocycles. The molecule has 0 fully saturated rings. The van der Waals surface area contributed by atoms with Crippen LogP contribution in [0, 0.1) is 11.8 Å². The number of hydrogen-bond acceptors (Lipinski definition) is 2. The van der Waals surface area contributed by atoms with Crippen LogP contribution in [0.15, 0.2) is 60.7 Å². The minimum absolute atomic E-state index is 0.759. The summed E-state index contributed by atoms with van der Waals surface area (Å²) in [6, 6.07) is 21.4. The fourth-order valence-corrected chi connectivity index (χ4v) is 7.79. The SMILES string of the molecule is CCC#CCCCCCCCCO[Si](OCCCCCCCCC)(c1ccccc1)c1ccccc1. The molecule has 0 saturated heterocycles. The summed E-state index contributed by atoms with van der Waals surface area (Å²) in [6.45, 7) is 5.92. The third-order valence-electron chi connectivity index (χ3n) is 6.66. The smallest absolute Gasteiger partial charge is 0.388 e. The van der Waals surface area contributed by atoms with Crippen LogP contribution >= 0.6 is 0 Å². The summed E-state index contributed by atoms with van der Waals surface area (Å²) in [5.74, 6) is 6.42. The molecule has 2 rings (SSSR count). The first kappa shape index (κ1) is 30.4. The topological polar surface area (TPSA) is 18.5 Å². The molecule has 0 saturated carbocycles. The summed E-state index contributed by atoms with van der Waals surface area (Å²) in [7, 11) is -2.74. The van der Waals surface area contributed by atoms with Crippen molar-refractivity contribution in [1.29, 1.82) is 0 Å². The molecule has 0 atom stereocenters. The van der Waals surface area contributed by atoms with E-state index in [2.05, 4.69) is 86.4 Å². The molecule has 0 heterocycles. The average molecular weight is 507 g/mol. The molecular weight excluding hydrogens is 456 g/mol. The number of rotatable bonds is 20. The van der Waals surface area contributed by atoms with Crippen molar-refractivity contribution in [2.24, 2.45) is 0 Å². The maximum Gasteiger partial charge on any atom is 0.407 e. The van der Waals surface area contributed by atoms with Crippen molar-refractivity contribution in [3.63, 3.8) is 0 Å². The van der Waals surface area contributed by atoms with Gasteiger partial charge in [0, 0.05) is 26.1 Å².